The lowest BCUT2D eigenvalue weighted by Gasteiger charge is -2.38. The molecule has 0 radical (unpaired) electrons. The lowest BCUT2D eigenvalue weighted by Crippen LogP contribution is -2.45. The molecular weight excluding hydrogens is 368 g/mol. The Kier molecular flexibility index (Phi) is 6.02. The fourth-order valence-electron chi connectivity index (χ4n) is 3.75. The fraction of sp³-hybridized carbons (Fsp3) is 0.348. The van der Waals surface area contributed by atoms with Crippen LogP contribution in [-0.4, -0.2) is 25.3 Å². The monoisotopic (exact) mass is 394 g/mol. The van der Waals surface area contributed by atoms with E-state index in [0.717, 1.165) is 29.5 Å². The highest BCUT2D eigenvalue weighted by Crippen LogP contribution is 2.35. The van der Waals surface area contributed by atoms with Crippen LogP contribution in [0.25, 0.3) is 5.57 Å². The molecule has 2 aromatic rings. The van der Waals surface area contributed by atoms with Crippen molar-refractivity contribution in [2.75, 3.05) is 6.54 Å². The summed E-state index contributed by atoms with van der Waals surface area (Å²) in [5.41, 5.74) is 3.65. The van der Waals surface area contributed by atoms with E-state index in [4.69, 9.17) is 5.26 Å². The highest BCUT2D eigenvalue weighted by atomic mass is 32.2. The Balaban J connectivity index is 2.05. The molecule has 1 heterocycles. The molecule has 2 aromatic carbocycles. The van der Waals surface area contributed by atoms with Crippen LogP contribution in [-0.2, 0) is 10.0 Å². The van der Waals surface area contributed by atoms with E-state index in [1.165, 1.54) is 0 Å². The van der Waals surface area contributed by atoms with E-state index in [9.17, 15) is 8.42 Å². The van der Waals surface area contributed by atoms with E-state index in [1.54, 1.807) is 28.6 Å². The smallest absolute Gasteiger partial charge is 0.207 e. The summed E-state index contributed by atoms with van der Waals surface area (Å²) in [6.07, 6.45) is 3.82. The molecule has 5 heteroatoms. The zero-order valence-corrected chi connectivity index (χ0v) is 17.4. The van der Waals surface area contributed by atoms with Crippen LogP contribution in [0, 0.1) is 24.2 Å². The van der Waals surface area contributed by atoms with Crippen molar-refractivity contribution < 1.29 is 8.42 Å². The molecule has 0 N–H and O–H groups in total. The van der Waals surface area contributed by atoms with Gasteiger partial charge in [0.05, 0.1) is 22.6 Å². The molecule has 0 aromatic heterocycles. The summed E-state index contributed by atoms with van der Waals surface area (Å²) in [6, 6.07) is 16.4. The van der Waals surface area contributed by atoms with Gasteiger partial charge in [0.15, 0.2) is 0 Å². The van der Waals surface area contributed by atoms with Crippen molar-refractivity contribution in [3.05, 3.63) is 71.3 Å². The fourth-order valence-corrected chi connectivity index (χ4v) is 5.48. The second kappa shape index (κ2) is 8.30. The topological polar surface area (TPSA) is 61.2 Å². The Morgan fingerprint density at radius 2 is 1.75 bits per heavy atom. The maximum absolute atomic E-state index is 13.5. The largest absolute Gasteiger partial charge is 0.243 e. The van der Waals surface area contributed by atoms with Gasteiger partial charge in [0.2, 0.25) is 10.0 Å². The van der Waals surface area contributed by atoms with Gasteiger partial charge < -0.3 is 0 Å². The second-order valence-corrected chi connectivity index (χ2v) is 9.37. The quantitative estimate of drug-likeness (QED) is 0.734. The first kappa shape index (κ1) is 20.3. The molecule has 0 saturated carbocycles. The molecule has 2 unspecified atom stereocenters. The number of nitrogens with zero attached hydrogens (tertiary/aromatic N) is 2. The van der Waals surface area contributed by atoms with Crippen molar-refractivity contribution >= 4 is 15.6 Å². The molecular formula is C23H26N2O2S. The van der Waals surface area contributed by atoms with E-state index in [-0.39, 0.29) is 12.0 Å². The van der Waals surface area contributed by atoms with Crippen molar-refractivity contribution in [2.45, 2.75) is 44.6 Å². The van der Waals surface area contributed by atoms with E-state index < -0.39 is 10.0 Å². The van der Waals surface area contributed by atoms with Gasteiger partial charge in [0, 0.05) is 6.54 Å². The summed E-state index contributed by atoms with van der Waals surface area (Å²) < 4.78 is 28.6. The maximum Gasteiger partial charge on any atom is 0.243 e. The van der Waals surface area contributed by atoms with Crippen molar-refractivity contribution in [1.82, 2.24) is 4.31 Å². The summed E-state index contributed by atoms with van der Waals surface area (Å²) in [7, 11) is -3.60. The molecule has 0 aliphatic carbocycles. The normalized spacial score (nSPS) is 20.4. The minimum absolute atomic E-state index is 0.110. The Morgan fingerprint density at radius 3 is 2.32 bits per heavy atom. The SMILES string of the molecule is CCCC1C(c2ccc(C#N)cc2)=CC(C)CN1S(=O)(=O)c1ccc(C)cc1. The van der Waals surface area contributed by atoms with Crippen LogP contribution >= 0.6 is 0 Å². The van der Waals surface area contributed by atoms with Crippen molar-refractivity contribution in [2.24, 2.45) is 5.92 Å². The third-order valence-electron chi connectivity index (χ3n) is 5.18. The van der Waals surface area contributed by atoms with Gasteiger partial charge >= 0.3 is 0 Å². The van der Waals surface area contributed by atoms with Gasteiger partial charge in [0.25, 0.3) is 0 Å². The third kappa shape index (κ3) is 4.04. The van der Waals surface area contributed by atoms with Gasteiger partial charge in [-0.05, 0) is 54.7 Å². The Bertz CT molecular complexity index is 1000. The predicted molar refractivity (Wildman–Crippen MR) is 112 cm³/mol. The highest BCUT2D eigenvalue weighted by molar-refractivity contribution is 7.89. The number of hydrogen-bond donors (Lipinski definition) is 0. The molecule has 0 fully saturated rings. The van der Waals surface area contributed by atoms with Crippen LogP contribution in [0.3, 0.4) is 0 Å². The number of sulfonamides is 1. The lowest BCUT2D eigenvalue weighted by atomic mass is 9.88. The number of nitriles is 1. The van der Waals surface area contributed by atoms with E-state index in [2.05, 4.69) is 19.1 Å². The number of hydrogen-bond acceptors (Lipinski definition) is 3. The van der Waals surface area contributed by atoms with Crippen LogP contribution < -0.4 is 0 Å². The van der Waals surface area contributed by atoms with E-state index >= 15 is 0 Å². The number of aryl methyl sites for hydroxylation is 1. The number of benzene rings is 2. The minimum Gasteiger partial charge on any atom is -0.207 e. The average molecular weight is 395 g/mol. The third-order valence-corrected chi connectivity index (χ3v) is 7.06. The van der Waals surface area contributed by atoms with Crippen molar-refractivity contribution in [1.29, 1.82) is 5.26 Å². The predicted octanol–water partition coefficient (Wildman–Crippen LogP) is 4.76. The zero-order chi connectivity index (χ0) is 20.3. The zero-order valence-electron chi connectivity index (χ0n) is 16.6. The second-order valence-electron chi connectivity index (χ2n) is 7.48. The Labute approximate surface area is 168 Å². The average Bonchev–Trinajstić information content (AvgIpc) is 2.69. The molecule has 0 spiro atoms. The van der Waals surface area contributed by atoms with Crippen LogP contribution in [0.2, 0.25) is 0 Å². The van der Waals surface area contributed by atoms with Gasteiger partial charge in [-0.3, -0.25) is 0 Å². The van der Waals surface area contributed by atoms with E-state index in [0.29, 0.717) is 17.0 Å². The van der Waals surface area contributed by atoms with Crippen molar-refractivity contribution in [3.8, 4) is 6.07 Å². The molecule has 3 rings (SSSR count). The van der Waals surface area contributed by atoms with Gasteiger partial charge in [-0.25, -0.2) is 8.42 Å². The van der Waals surface area contributed by atoms with Gasteiger partial charge in [-0.1, -0.05) is 56.2 Å². The Hall–Kier alpha value is -2.42. The highest BCUT2D eigenvalue weighted by Gasteiger charge is 2.37. The van der Waals surface area contributed by atoms with Gasteiger partial charge in [0.1, 0.15) is 0 Å². The van der Waals surface area contributed by atoms with Crippen LogP contribution in [0.4, 0.5) is 0 Å². The standard InChI is InChI=1S/C23H26N2O2S/c1-4-5-23-22(20-10-8-19(15-24)9-11-20)14-18(3)16-25(23)28(26,27)21-12-6-17(2)7-13-21/h6-14,18,23H,4-5,16H2,1-3H3. The summed E-state index contributed by atoms with van der Waals surface area (Å²) in [5, 5.41) is 9.06. The van der Waals surface area contributed by atoms with E-state index in [1.807, 2.05) is 38.1 Å². The molecule has 4 nitrogen and oxygen atoms in total. The van der Waals surface area contributed by atoms with Crippen LogP contribution in [0.1, 0.15) is 43.4 Å². The first-order chi connectivity index (χ1) is 13.4. The minimum atomic E-state index is -3.60. The molecule has 2 atom stereocenters. The molecule has 1 aliphatic heterocycles. The van der Waals surface area contributed by atoms with Crippen molar-refractivity contribution in [3.63, 3.8) is 0 Å². The maximum atomic E-state index is 13.5. The molecule has 0 amide bonds. The summed E-state index contributed by atoms with van der Waals surface area (Å²) >= 11 is 0. The first-order valence-corrected chi connectivity index (χ1v) is 11.1. The Morgan fingerprint density at radius 1 is 1.11 bits per heavy atom. The molecule has 0 saturated heterocycles. The molecule has 146 valence electrons. The van der Waals surface area contributed by atoms with Gasteiger partial charge in [-0.15, -0.1) is 0 Å². The molecule has 0 bridgehead atoms. The summed E-state index contributed by atoms with van der Waals surface area (Å²) in [4.78, 5) is 0.340. The first-order valence-electron chi connectivity index (χ1n) is 9.67. The van der Waals surface area contributed by atoms with Crippen LogP contribution in [0.5, 0.6) is 0 Å². The molecule has 28 heavy (non-hydrogen) atoms. The van der Waals surface area contributed by atoms with Gasteiger partial charge in [-0.2, -0.15) is 9.57 Å². The number of rotatable bonds is 5. The van der Waals surface area contributed by atoms with Crippen LogP contribution in [0.15, 0.2) is 59.5 Å². The summed E-state index contributed by atoms with van der Waals surface area (Å²) in [5.74, 6) is 0.110. The summed E-state index contributed by atoms with van der Waals surface area (Å²) in [6.45, 7) is 6.54. The molecule has 1 aliphatic rings. The lowest BCUT2D eigenvalue weighted by molar-refractivity contribution is 0.316.